The highest BCUT2D eigenvalue weighted by molar-refractivity contribution is 6.32. The monoisotopic (exact) mass is 437 g/mol. The maximum absolute atomic E-state index is 13.3. The molecule has 166 valence electrons. The SMILES string of the molecule is COc1c2c(c(OC)c3oc(CNC(=O)OC(C)(C)C)cc13)C(=O)c1ccccc1C2=O. The third-order valence-electron chi connectivity index (χ3n) is 5.02. The van der Waals surface area contributed by atoms with Gasteiger partial charge >= 0.3 is 6.09 Å². The summed E-state index contributed by atoms with van der Waals surface area (Å²) in [5.41, 5.74) is 0.446. The summed E-state index contributed by atoms with van der Waals surface area (Å²) < 4.78 is 22.2. The second-order valence-corrected chi connectivity index (χ2v) is 8.33. The first-order chi connectivity index (χ1) is 15.2. The van der Waals surface area contributed by atoms with Crippen molar-refractivity contribution in [2.75, 3.05) is 14.2 Å². The molecule has 0 atom stereocenters. The van der Waals surface area contributed by atoms with Gasteiger partial charge in [-0.1, -0.05) is 24.3 Å². The molecule has 0 bridgehead atoms. The van der Waals surface area contributed by atoms with Crippen molar-refractivity contribution in [1.82, 2.24) is 5.32 Å². The number of carbonyl (C=O) groups is 3. The molecule has 8 nitrogen and oxygen atoms in total. The Hall–Kier alpha value is -3.81. The van der Waals surface area contributed by atoms with Crippen molar-refractivity contribution in [2.45, 2.75) is 32.9 Å². The molecule has 1 heterocycles. The van der Waals surface area contributed by atoms with Gasteiger partial charge in [-0.25, -0.2) is 4.79 Å². The molecule has 0 saturated carbocycles. The number of carbonyl (C=O) groups excluding carboxylic acids is 3. The van der Waals surface area contributed by atoms with Gasteiger partial charge in [-0.3, -0.25) is 9.59 Å². The van der Waals surface area contributed by atoms with E-state index < -0.39 is 11.7 Å². The van der Waals surface area contributed by atoms with E-state index in [1.54, 1.807) is 51.1 Å². The number of methoxy groups -OCH3 is 2. The number of furan rings is 1. The molecule has 4 rings (SSSR count). The quantitative estimate of drug-likeness (QED) is 0.509. The van der Waals surface area contributed by atoms with Gasteiger partial charge in [-0.05, 0) is 26.8 Å². The molecule has 0 fully saturated rings. The zero-order valence-electron chi connectivity index (χ0n) is 18.5. The Morgan fingerprint density at radius 2 is 1.53 bits per heavy atom. The van der Waals surface area contributed by atoms with Gasteiger partial charge in [-0.2, -0.15) is 0 Å². The van der Waals surface area contributed by atoms with Crippen LogP contribution in [0.1, 0.15) is 58.4 Å². The number of benzene rings is 2. The summed E-state index contributed by atoms with van der Waals surface area (Å²) in [7, 11) is 2.83. The minimum absolute atomic E-state index is 0.0304. The highest BCUT2D eigenvalue weighted by Crippen LogP contribution is 2.46. The summed E-state index contributed by atoms with van der Waals surface area (Å²) in [6.45, 7) is 5.32. The van der Waals surface area contributed by atoms with Crippen LogP contribution in [0.25, 0.3) is 11.0 Å². The average molecular weight is 437 g/mol. The van der Waals surface area contributed by atoms with E-state index in [-0.39, 0.29) is 46.3 Å². The van der Waals surface area contributed by atoms with Crippen molar-refractivity contribution in [3.05, 3.63) is 58.3 Å². The third kappa shape index (κ3) is 3.47. The summed E-state index contributed by atoms with van der Waals surface area (Å²) in [5.74, 6) is 0.0595. The average Bonchev–Trinajstić information content (AvgIpc) is 3.17. The van der Waals surface area contributed by atoms with Gasteiger partial charge in [-0.15, -0.1) is 0 Å². The molecule has 1 aliphatic rings. The van der Waals surface area contributed by atoms with Crippen LogP contribution < -0.4 is 14.8 Å². The first-order valence-electron chi connectivity index (χ1n) is 10.0. The van der Waals surface area contributed by atoms with Crippen molar-refractivity contribution in [1.29, 1.82) is 0 Å². The standard InChI is InChI=1S/C24H23NO7/c1-24(2,3)32-23(28)25-11-12-10-15-20(29-4)16-17(22(30-5)21(15)31-12)19(27)14-9-7-6-8-13(14)18(16)26/h6-10H,11H2,1-5H3,(H,25,28). The van der Waals surface area contributed by atoms with Gasteiger partial charge in [0.2, 0.25) is 0 Å². The first kappa shape index (κ1) is 21.4. The summed E-state index contributed by atoms with van der Waals surface area (Å²) in [6, 6.07) is 8.26. The van der Waals surface area contributed by atoms with Crippen molar-refractivity contribution in [3.63, 3.8) is 0 Å². The number of alkyl carbamates (subject to hydrolysis) is 1. The lowest BCUT2D eigenvalue weighted by molar-refractivity contribution is 0.0520. The molecule has 32 heavy (non-hydrogen) atoms. The second kappa shape index (κ2) is 7.71. The number of amides is 1. The van der Waals surface area contributed by atoms with E-state index in [4.69, 9.17) is 18.6 Å². The van der Waals surface area contributed by atoms with Crippen LogP contribution >= 0.6 is 0 Å². The minimum Gasteiger partial charge on any atom is -0.495 e. The number of hydrogen-bond acceptors (Lipinski definition) is 7. The van der Waals surface area contributed by atoms with E-state index in [1.165, 1.54) is 14.2 Å². The molecule has 0 unspecified atom stereocenters. The van der Waals surface area contributed by atoms with Gasteiger partial charge in [0, 0.05) is 11.1 Å². The predicted octanol–water partition coefficient (Wildman–Crippen LogP) is 4.25. The van der Waals surface area contributed by atoms with Crippen LogP contribution in [0.3, 0.4) is 0 Å². The number of fused-ring (bicyclic) bond motifs is 3. The number of rotatable bonds is 4. The summed E-state index contributed by atoms with van der Waals surface area (Å²) in [4.78, 5) is 38.6. The molecule has 1 aliphatic carbocycles. The molecule has 0 saturated heterocycles. The molecule has 1 amide bonds. The Kier molecular flexibility index (Phi) is 5.16. The topological polar surface area (TPSA) is 104 Å². The van der Waals surface area contributed by atoms with Crippen LogP contribution in [0.2, 0.25) is 0 Å². The zero-order valence-corrected chi connectivity index (χ0v) is 18.5. The third-order valence-corrected chi connectivity index (χ3v) is 5.02. The van der Waals surface area contributed by atoms with Crippen molar-refractivity contribution in [2.24, 2.45) is 0 Å². The van der Waals surface area contributed by atoms with Gasteiger partial charge in [0.05, 0.1) is 37.3 Å². The maximum Gasteiger partial charge on any atom is 0.408 e. The van der Waals surface area contributed by atoms with Crippen LogP contribution in [-0.2, 0) is 11.3 Å². The lowest BCUT2D eigenvalue weighted by atomic mass is 9.82. The van der Waals surface area contributed by atoms with Crippen molar-refractivity contribution < 1.29 is 33.0 Å². The van der Waals surface area contributed by atoms with Gasteiger partial charge in [0.15, 0.2) is 22.9 Å². The molecule has 0 spiro atoms. The molecular weight excluding hydrogens is 414 g/mol. The molecule has 1 N–H and O–H groups in total. The highest BCUT2D eigenvalue weighted by Gasteiger charge is 2.38. The van der Waals surface area contributed by atoms with E-state index in [0.29, 0.717) is 22.3 Å². The highest BCUT2D eigenvalue weighted by atomic mass is 16.6. The molecule has 8 heteroatoms. The Morgan fingerprint density at radius 3 is 2.06 bits per heavy atom. The van der Waals surface area contributed by atoms with Gasteiger partial charge in [0.1, 0.15) is 17.1 Å². The number of nitrogens with one attached hydrogen (secondary N) is 1. The lowest BCUT2D eigenvalue weighted by Gasteiger charge is -2.22. The zero-order chi connectivity index (χ0) is 23.2. The fourth-order valence-corrected chi connectivity index (χ4v) is 3.80. The smallest absolute Gasteiger partial charge is 0.408 e. The Morgan fingerprint density at radius 1 is 0.969 bits per heavy atom. The fraction of sp³-hybridized carbons (Fsp3) is 0.292. The molecular formula is C24H23NO7. The van der Waals surface area contributed by atoms with E-state index in [0.717, 1.165) is 0 Å². The normalized spacial score (nSPS) is 12.9. The maximum atomic E-state index is 13.3. The second-order valence-electron chi connectivity index (χ2n) is 8.33. The van der Waals surface area contributed by atoms with Crippen molar-refractivity contribution >= 4 is 28.6 Å². The minimum atomic E-state index is -0.640. The largest absolute Gasteiger partial charge is 0.495 e. The summed E-state index contributed by atoms with van der Waals surface area (Å²) >= 11 is 0. The molecule has 1 aromatic heterocycles. The van der Waals surface area contributed by atoms with Crippen LogP contribution in [0.5, 0.6) is 11.5 Å². The van der Waals surface area contributed by atoms with Gasteiger partial charge in [0.25, 0.3) is 0 Å². The van der Waals surface area contributed by atoms with Crippen LogP contribution in [0.15, 0.2) is 34.7 Å². The molecule has 0 radical (unpaired) electrons. The Labute approximate surface area is 184 Å². The van der Waals surface area contributed by atoms with E-state index in [1.807, 2.05) is 0 Å². The summed E-state index contributed by atoms with van der Waals surface area (Å²) in [5, 5.41) is 3.08. The number of hydrogen-bond donors (Lipinski definition) is 1. The fourth-order valence-electron chi connectivity index (χ4n) is 3.80. The lowest BCUT2D eigenvalue weighted by Crippen LogP contribution is -2.32. The first-order valence-corrected chi connectivity index (χ1v) is 10.0. The molecule has 0 aliphatic heterocycles. The summed E-state index contributed by atoms with van der Waals surface area (Å²) in [6.07, 6.45) is -0.600. The van der Waals surface area contributed by atoms with E-state index in [9.17, 15) is 14.4 Å². The molecule has 2 aromatic carbocycles. The van der Waals surface area contributed by atoms with Gasteiger partial charge < -0.3 is 23.9 Å². The van der Waals surface area contributed by atoms with Crippen LogP contribution in [0, 0.1) is 0 Å². The Bertz CT molecular complexity index is 1180. The van der Waals surface area contributed by atoms with Crippen molar-refractivity contribution in [3.8, 4) is 11.5 Å². The van der Waals surface area contributed by atoms with E-state index in [2.05, 4.69) is 5.32 Å². The van der Waals surface area contributed by atoms with Crippen LogP contribution in [0.4, 0.5) is 4.79 Å². The number of ether oxygens (including phenoxy) is 3. The predicted molar refractivity (Wildman–Crippen MR) is 116 cm³/mol. The number of ketones is 2. The van der Waals surface area contributed by atoms with Crippen LogP contribution in [-0.4, -0.2) is 37.5 Å². The molecule has 3 aromatic rings. The van der Waals surface area contributed by atoms with E-state index >= 15 is 0 Å². The Balaban J connectivity index is 1.83.